The average Bonchev–Trinajstić information content (AvgIpc) is 1.84. The molecule has 5 unspecified atom stereocenters. The third kappa shape index (κ3) is 37.1. The van der Waals surface area contributed by atoms with Crippen LogP contribution in [0.15, 0.2) is 251 Å². The standard InChI is InChI=1S/C10H13N3O3.C10H15N3O2.C10H13N3O2.C10H15N3O2.C10H13N3O2.C10H13N3O.C10H11N3O.C9H11N3O/c1-13(12-16)9(4-5-10(14)15)8-3-2-6-11-7-8;2*1-13(12-15)10(5-3-7-14)9-4-2-6-11-8-9;2*1-13(12-15)7-3-5-10(14)9-4-2-6-11-8-9;2*14-12-13-7-2-1-5-10(13)9-4-3-6-11-8-9;13-11-12-6-2-4-9(12)8-3-1-5-10-7-8/h2-3,6-7,9H,4-5H2,1H3,(H,14,15);2,4,6,8,10,14H,3,5,7H2,1H3;2,4,6-8,10H,3,5H2,1H3;2,4,6,8,10,14H,3,5,7H2,1H3;2,4,6,8H,3,5,7H2,1H3;3-4,6,8,10H,1-2,5,7H2;1-4,6,8,10H,5,7H2;1,3,5,7,9H,2,4,6H2/t;;;;;;10-;9-/m......01/s1. The molecule has 3 aliphatic rings. The van der Waals surface area contributed by atoms with Crippen LogP contribution in [-0.2, 0) is 9.59 Å². The number of carbonyl (C=O) groups is 3. The van der Waals surface area contributed by atoms with Gasteiger partial charge in [-0.05, 0) is 177 Å². The molecule has 0 saturated carbocycles. The van der Waals surface area contributed by atoms with Gasteiger partial charge in [-0.1, -0.05) is 54.6 Å². The first-order chi connectivity index (χ1) is 56.9. The Labute approximate surface area is 678 Å². The predicted molar refractivity (Wildman–Crippen MR) is 438 cm³/mol. The number of hydrogen-bond donors (Lipinski definition) is 3. The summed E-state index contributed by atoms with van der Waals surface area (Å²) >= 11 is 0. The predicted octanol–water partition coefficient (Wildman–Crippen LogP) is 14.2. The van der Waals surface area contributed by atoms with Crippen molar-refractivity contribution in [1.82, 2.24) is 79.9 Å². The van der Waals surface area contributed by atoms with Crippen LogP contribution >= 0.6 is 0 Å². The van der Waals surface area contributed by atoms with E-state index in [1.165, 1.54) is 37.1 Å². The Hall–Kier alpha value is -13.1. The number of piperidine rings is 1. The lowest BCUT2D eigenvalue weighted by atomic mass is 9.98. The topological polar surface area (TPSA) is 476 Å². The lowest BCUT2D eigenvalue weighted by molar-refractivity contribution is -0.137. The molecule has 0 aliphatic carbocycles. The monoisotopic (exact) mass is 1610 g/mol. The Balaban J connectivity index is 0.000000281. The third-order valence-corrected chi connectivity index (χ3v) is 18.3. The highest BCUT2D eigenvalue weighted by molar-refractivity contribution is 5.95. The van der Waals surface area contributed by atoms with Crippen molar-refractivity contribution in [2.45, 2.75) is 145 Å². The second-order valence-electron chi connectivity index (χ2n) is 26.5. The average molecular weight is 1610 g/mol. The second kappa shape index (κ2) is 58.7. The number of hydrogen-bond acceptors (Lipinski definition) is 29. The van der Waals surface area contributed by atoms with Crippen LogP contribution in [0.3, 0.4) is 0 Å². The number of aromatic nitrogens is 8. The van der Waals surface area contributed by atoms with Crippen molar-refractivity contribution in [2.24, 2.45) is 42.3 Å². The molecule has 0 radical (unpaired) electrons. The quantitative estimate of drug-likeness (QED) is 0.0108. The number of carboxylic acid groups (broad SMARTS) is 1. The van der Waals surface area contributed by atoms with Crippen molar-refractivity contribution in [3.63, 3.8) is 0 Å². The third-order valence-electron chi connectivity index (χ3n) is 18.3. The molecular weight excluding hydrogens is 1510 g/mol. The minimum absolute atomic E-state index is 0.0145. The van der Waals surface area contributed by atoms with E-state index in [0.29, 0.717) is 76.6 Å². The zero-order valence-corrected chi connectivity index (χ0v) is 66.4. The largest absolute Gasteiger partial charge is 0.481 e. The summed E-state index contributed by atoms with van der Waals surface area (Å²) in [5.74, 6) is -0.851. The molecule has 11 heterocycles. The number of rotatable bonds is 36. The number of aliphatic hydroxyl groups is 2. The molecule has 3 N–H and O–H groups in total. The SMILES string of the molecule is CN(CCCC(=O)c1cccnc1)N=O.CN(CCCC(O)c1cccnc1)N=O.CN(N=O)C(CCC(=O)O)c1cccnc1.CN(N=O)C(CCC=O)c1cccnc1.CN(N=O)C(CCCO)c1cccnc1.O=NN1CC=CC[C@H]1c1cccnc1.O=NN1CCCCC1c1cccnc1.O=NN1CCC[C@@H]1c1cccnc1. The van der Waals surface area contributed by atoms with Crippen molar-refractivity contribution < 1.29 is 29.7 Å². The number of nitroso groups, excluding NO2 is 8. The van der Waals surface area contributed by atoms with E-state index in [1.807, 2.05) is 72.9 Å². The summed E-state index contributed by atoms with van der Waals surface area (Å²) in [4.78, 5) is 147. The molecule has 624 valence electrons. The van der Waals surface area contributed by atoms with Crippen molar-refractivity contribution in [3.8, 4) is 0 Å². The fraction of sp³-hybridized carbons (Fsp3) is 0.430. The molecule has 0 bridgehead atoms. The number of aliphatic hydroxyl groups excluding tert-OH is 2. The molecule has 7 atom stereocenters. The maximum atomic E-state index is 11.5. The van der Waals surface area contributed by atoms with Crippen LogP contribution in [0.25, 0.3) is 0 Å². The number of carbonyl (C=O) groups excluding carboxylic acids is 2. The van der Waals surface area contributed by atoms with Gasteiger partial charge in [-0.15, -0.1) is 39.3 Å². The number of carboxylic acids is 1. The molecule has 0 aromatic carbocycles. The first-order valence-corrected chi connectivity index (χ1v) is 37.8. The van der Waals surface area contributed by atoms with E-state index in [-0.39, 0.29) is 55.1 Å². The van der Waals surface area contributed by atoms with Crippen LogP contribution < -0.4 is 0 Å². The zero-order valence-electron chi connectivity index (χ0n) is 66.4. The van der Waals surface area contributed by atoms with Crippen LogP contribution in [-0.4, -0.2) is 188 Å². The number of aldehydes is 1. The van der Waals surface area contributed by atoms with Gasteiger partial charge in [0.2, 0.25) is 0 Å². The van der Waals surface area contributed by atoms with E-state index in [4.69, 9.17) is 10.2 Å². The van der Waals surface area contributed by atoms with Crippen LogP contribution in [0.1, 0.15) is 194 Å². The summed E-state index contributed by atoms with van der Waals surface area (Å²) in [5.41, 5.74) is 7.24. The van der Waals surface area contributed by atoms with Crippen LogP contribution in [0.4, 0.5) is 0 Å². The first kappa shape index (κ1) is 96.2. The maximum absolute atomic E-state index is 11.5. The molecule has 0 amide bonds. The Morgan fingerprint density at radius 1 is 0.453 bits per heavy atom. The van der Waals surface area contributed by atoms with Crippen molar-refractivity contribution in [3.05, 3.63) is 292 Å². The highest BCUT2D eigenvalue weighted by Gasteiger charge is 2.27. The summed E-state index contributed by atoms with van der Waals surface area (Å²) in [6.07, 6.45) is 42.4. The molecule has 8 aromatic rings. The Kier molecular flexibility index (Phi) is 48.3. The lowest BCUT2D eigenvalue weighted by Gasteiger charge is -2.30. The Bertz CT molecular complexity index is 4070. The first-order valence-electron chi connectivity index (χ1n) is 37.8. The van der Waals surface area contributed by atoms with Gasteiger partial charge in [0.05, 0.1) is 91.2 Å². The number of ketones is 1. The molecule has 117 heavy (non-hydrogen) atoms. The van der Waals surface area contributed by atoms with Gasteiger partial charge in [-0.25, -0.2) is 5.01 Å². The van der Waals surface area contributed by atoms with Gasteiger partial charge in [0, 0.05) is 192 Å². The molecule has 8 aromatic heterocycles. The van der Waals surface area contributed by atoms with Gasteiger partial charge in [0.1, 0.15) is 6.29 Å². The second-order valence-corrected chi connectivity index (χ2v) is 26.5. The summed E-state index contributed by atoms with van der Waals surface area (Å²) in [6, 6.07) is 29.3. The van der Waals surface area contributed by atoms with Gasteiger partial charge >= 0.3 is 5.97 Å². The molecule has 38 nitrogen and oxygen atoms in total. The zero-order chi connectivity index (χ0) is 85.1. The van der Waals surface area contributed by atoms with Crippen LogP contribution in [0.5, 0.6) is 0 Å². The van der Waals surface area contributed by atoms with Crippen molar-refractivity contribution >= 4 is 18.0 Å². The number of Topliss-reactive ketones (excluding diaryl/α,β-unsaturated/α-hetero) is 1. The normalized spacial score (nSPS) is 15.0. The van der Waals surface area contributed by atoms with Gasteiger partial charge < -0.3 is 20.1 Å². The van der Waals surface area contributed by atoms with Crippen molar-refractivity contribution in [1.29, 1.82) is 0 Å². The number of nitrogens with zero attached hydrogens (tertiary/aromatic N) is 24. The molecule has 38 heteroatoms. The summed E-state index contributed by atoms with van der Waals surface area (Å²) in [5, 5.41) is 61.4. The van der Waals surface area contributed by atoms with E-state index in [2.05, 4.69) is 88.2 Å². The van der Waals surface area contributed by atoms with E-state index in [0.717, 1.165) is 103 Å². The summed E-state index contributed by atoms with van der Waals surface area (Å²) in [7, 11) is 7.94. The maximum Gasteiger partial charge on any atom is 0.303 e. The van der Waals surface area contributed by atoms with Gasteiger partial charge in [0.25, 0.3) is 0 Å². The lowest BCUT2D eigenvalue weighted by Crippen LogP contribution is -2.28. The number of aliphatic carboxylic acids is 1. The minimum Gasteiger partial charge on any atom is -0.481 e. The smallest absolute Gasteiger partial charge is 0.303 e. The minimum atomic E-state index is -0.895. The van der Waals surface area contributed by atoms with Gasteiger partial charge in [-0.3, -0.25) is 84.5 Å². The van der Waals surface area contributed by atoms with E-state index < -0.39 is 12.1 Å². The summed E-state index contributed by atoms with van der Waals surface area (Å²) in [6.45, 7) is 3.29. The fourth-order valence-corrected chi connectivity index (χ4v) is 12.2. The van der Waals surface area contributed by atoms with Crippen LogP contribution in [0.2, 0.25) is 0 Å². The number of pyridine rings is 8. The summed E-state index contributed by atoms with van der Waals surface area (Å²) < 4.78 is 0. The van der Waals surface area contributed by atoms with E-state index in [9.17, 15) is 58.7 Å². The van der Waals surface area contributed by atoms with E-state index >= 15 is 0 Å². The van der Waals surface area contributed by atoms with E-state index in [1.54, 1.807) is 168 Å². The Morgan fingerprint density at radius 3 is 1.26 bits per heavy atom. The van der Waals surface area contributed by atoms with Gasteiger partial charge in [0.15, 0.2) is 5.78 Å². The highest BCUT2D eigenvalue weighted by Crippen LogP contribution is 2.33. The molecule has 0 spiro atoms. The fourth-order valence-electron chi connectivity index (χ4n) is 12.2. The highest BCUT2D eigenvalue weighted by atomic mass is 16.4. The molecule has 2 fully saturated rings. The molecule has 3 aliphatic heterocycles. The molecule has 11 rings (SSSR count). The van der Waals surface area contributed by atoms with Crippen molar-refractivity contribution in [2.75, 3.05) is 74.6 Å². The molecular formula is C79H104N24O14. The molecule has 2 saturated heterocycles. The Morgan fingerprint density at radius 2 is 0.863 bits per heavy atom. The van der Waals surface area contributed by atoms with Crippen LogP contribution in [0, 0.1) is 39.3 Å². The van der Waals surface area contributed by atoms with Gasteiger partial charge in [-0.2, -0.15) is 0 Å².